The third-order valence-electron chi connectivity index (χ3n) is 5.80. The summed E-state index contributed by atoms with van der Waals surface area (Å²) in [6, 6.07) is 17.8. The van der Waals surface area contributed by atoms with E-state index in [4.69, 9.17) is 0 Å². The zero-order valence-corrected chi connectivity index (χ0v) is 18.1. The molecule has 3 rings (SSSR count). The molecule has 0 aromatic heterocycles. The minimum absolute atomic E-state index is 0.148. The smallest absolute Gasteiger partial charge is 0.321 e. The summed E-state index contributed by atoms with van der Waals surface area (Å²) in [5.41, 5.74) is 3.06. The fraction of sp³-hybridized carbons (Fsp3) is 0.440. The summed E-state index contributed by atoms with van der Waals surface area (Å²) in [7, 11) is 0. The SMILES string of the molecule is Cc1cccc(NC(=O)N(CCC(=O)N2CCC(C)CC2)CCc2ccccc2)c1. The number of likely N-dealkylation sites (tertiary alicyclic amines) is 1. The molecular formula is C25H33N3O2. The van der Waals surface area contributed by atoms with Crippen LogP contribution in [0.3, 0.4) is 0 Å². The van der Waals surface area contributed by atoms with Crippen LogP contribution in [0.4, 0.5) is 10.5 Å². The molecule has 0 atom stereocenters. The maximum Gasteiger partial charge on any atom is 0.321 e. The molecule has 5 heteroatoms. The predicted molar refractivity (Wildman–Crippen MR) is 122 cm³/mol. The zero-order chi connectivity index (χ0) is 21.3. The third kappa shape index (κ3) is 6.61. The standard InChI is InChI=1S/C25H33N3O2/c1-20-11-15-27(16-12-20)24(29)14-18-28(17-13-22-8-4-3-5-9-22)25(30)26-23-10-6-7-21(2)19-23/h3-10,19-20H,11-18H2,1-2H3,(H,26,30). The Kier molecular flexibility index (Phi) is 7.89. The Bertz CT molecular complexity index is 829. The molecule has 1 fully saturated rings. The molecule has 0 spiro atoms. The number of anilines is 1. The van der Waals surface area contributed by atoms with Crippen molar-refractivity contribution in [2.24, 2.45) is 5.92 Å². The number of carbonyl (C=O) groups is 2. The highest BCUT2D eigenvalue weighted by Gasteiger charge is 2.22. The number of rotatable bonds is 7. The van der Waals surface area contributed by atoms with Crippen molar-refractivity contribution < 1.29 is 9.59 Å². The highest BCUT2D eigenvalue weighted by Crippen LogP contribution is 2.17. The fourth-order valence-corrected chi connectivity index (χ4v) is 3.80. The van der Waals surface area contributed by atoms with Gasteiger partial charge in [-0.05, 0) is 55.4 Å². The first-order chi connectivity index (χ1) is 14.5. The van der Waals surface area contributed by atoms with Crippen LogP contribution in [0.2, 0.25) is 0 Å². The number of aryl methyl sites for hydroxylation is 1. The van der Waals surface area contributed by atoms with Gasteiger partial charge in [0.1, 0.15) is 0 Å². The number of carbonyl (C=O) groups excluding carboxylic acids is 2. The van der Waals surface area contributed by atoms with Crippen LogP contribution in [-0.4, -0.2) is 47.9 Å². The molecule has 1 heterocycles. The summed E-state index contributed by atoms with van der Waals surface area (Å²) >= 11 is 0. The first kappa shape index (κ1) is 21.9. The summed E-state index contributed by atoms with van der Waals surface area (Å²) in [6.45, 7) is 6.91. The monoisotopic (exact) mass is 407 g/mol. The number of piperidine rings is 1. The lowest BCUT2D eigenvalue weighted by molar-refractivity contribution is -0.132. The van der Waals surface area contributed by atoms with Crippen LogP contribution < -0.4 is 5.32 Å². The third-order valence-corrected chi connectivity index (χ3v) is 5.80. The first-order valence-corrected chi connectivity index (χ1v) is 11.0. The van der Waals surface area contributed by atoms with Gasteiger partial charge in [0.05, 0.1) is 0 Å². The van der Waals surface area contributed by atoms with Gasteiger partial charge in [0.15, 0.2) is 0 Å². The lowest BCUT2D eigenvalue weighted by Crippen LogP contribution is -2.42. The Morgan fingerprint density at radius 1 is 1.03 bits per heavy atom. The highest BCUT2D eigenvalue weighted by molar-refractivity contribution is 5.89. The minimum atomic E-state index is -0.156. The number of nitrogens with one attached hydrogen (secondary N) is 1. The van der Waals surface area contributed by atoms with Gasteiger partial charge in [-0.25, -0.2) is 4.79 Å². The van der Waals surface area contributed by atoms with Gasteiger partial charge < -0.3 is 15.1 Å². The molecular weight excluding hydrogens is 374 g/mol. The van der Waals surface area contributed by atoms with Crippen LogP contribution in [0.5, 0.6) is 0 Å². The fourth-order valence-electron chi connectivity index (χ4n) is 3.80. The van der Waals surface area contributed by atoms with Crippen molar-refractivity contribution in [1.82, 2.24) is 9.80 Å². The van der Waals surface area contributed by atoms with Gasteiger partial charge >= 0.3 is 6.03 Å². The van der Waals surface area contributed by atoms with Crippen LogP contribution in [0.1, 0.15) is 37.3 Å². The van der Waals surface area contributed by atoms with E-state index in [9.17, 15) is 9.59 Å². The van der Waals surface area contributed by atoms with E-state index in [0.717, 1.165) is 43.6 Å². The van der Waals surface area contributed by atoms with Crippen molar-refractivity contribution in [3.05, 3.63) is 65.7 Å². The lowest BCUT2D eigenvalue weighted by atomic mass is 9.99. The van der Waals surface area contributed by atoms with Gasteiger partial charge in [-0.15, -0.1) is 0 Å². The maximum atomic E-state index is 13.0. The van der Waals surface area contributed by atoms with E-state index >= 15 is 0 Å². The first-order valence-electron chi connectivity index (χ1n) is 11.0. The molecule has 0 saturated carbocycles. The highest BCUT2D eigenvalue weighted by atomic mass is 16.2. The van der Waals surface area contributed by atoms with E-state index in [0.29, 0.717) is 25.4 Å². The molecule has 0 bridgehead atoms. The van der Waals surface area contributed by atoms with Gasteiger partial charge in [0.2, 0.25) is 5.91 Å². The largest absolute Gasteiger partial charge is 0.343 e. The lowest BCUT2D eigenvalue weighted by Gasteiger charge is -2.31. The molecule has 0 unspecified atom stereocenters. The number of benzene rings is 2. The van der Waals surface area contributed by atoms with Crippen molar-refractivity contribution in [3.8, 4) is 0 Å². The molecule has 1 aliphatic heterocycles. The van der Waals surface area contributed by atoms with Crippen molar-refractivity contribution >= 4 is 17.6 Å². The average molecular weight is 408 g/mol. The van der Waals surface area contributed by atoms with Gasteiger partial charge in [-0.3, -0.25) is 4.79 Å². The Balaban J connectivity index is 1.60. The van der Waals surface area contributed by atoms with Gasteiger partial charge in [-0.1, -0.05) is 49.4 Å². The van der Waals surface area contributed by atoms with Crippen molar-refractivity contribution in [2.45, 2.75) is 39.5 Å². The van der Waals surface area contributed by atoms with Gasteiger partial charge in [-0.2, -0.15) is 0 Å². The Labute approximate surface area is 180 Å². The summed E-state index contributed by atoms with van der Waals surface area (Å²) in [5.74, 6) is 0.839. The molecule has 1 aliphatic rings. The molecule has 2 aromatic rings. The molecule has 160 valence electrons. The van der Waals surface area contributed by atoms with Gasteiger partial charge in [0.25, 0.3) is 0 Å². The second-order valence-electron chi connectivity index (χ2n) is 8.34. The maximum absolute atomic E-state index is 13.0. The van der Waals surface area contributed by atoms with E-state index in [2.05, 4.69) is 24.4 Å². The van der Waals surface area contributed by atoms with Crippen LogP contribution in [0.15, 0.2) is 54.6 Å². The summed E-state index contributed by atoms with van der Waals surface area (Å²) in [6.07, 6.45) is 3.26. The van der Waals surface area contributed by atoms with E-state index in [-0.39, 0.29) is 11.9 Å². The van der Waals surface area contributed by atoms with E-state index < -0.39 is 0 Å². The topological polar surface area (TPSA) is 52.7 Å². The van der Waals surface area contributed by atoms with Crippen LogP contribution in [-0.2, 0) is 11.2 Å². The Hall–Kier alpha value is -2.82. The molecule has 30 heavy (non-hydrogen) atoms. The summed E-state index contributed by atoms with van der Waals surface area (Å²) in [5, 5.41) is 2.99. The van der Waals surface area contributed by atoms with Crippen LogP contribution in [0.25, 0.3) is 0 Å². The molecule has 2 aromatic carbocycles. The summed E-state index contributed by atoms with van der Waals surface area (Å²) in [4.78, 5) is 29.4. The minimum Gasteiger partial charge on any atom is -0.343 e. The van der Waals surface area contributed by atoms with Crippen LogP contribution >= 0.6 is 0 Å². The van der Waals surface area contributed by atoms with E-state index in [1.807, 2.05) is 54.3 Å². The molecule has 1 saturated heterocycles. The predicted octanol–water partition coefficient (Wildman–Crippen LogP) is 4.72. The second kappa shape index (κ2) is 10.8. The van der Waals surface area contributed by atoms with Crippen molar-refractivity contribution in [3.63, 3.8) is 0 Å². The second-order valence-corrected chi connectivity index (χ2v) is 8.34. The number of hydrogen-bond donors (Lipinski definition) is 1. The number of urea groups is 1. The van der Waals surface area contributed by atoms with E-state index in [1.54, 1.807) is 4.90 Å². The van der Waals surface area contributed by atoms with Gasteiger partial charge in [0, 0.05) is 38.3 Å². The molecule has 0 radical (unpaired) electrons. The quantitative estimate of drug-likeness (QED) is 0.722. The Morgan fingerprint density at radius 3 is 2.47 bits per heavy atom. The molecule has 1 N–H and O–H groups in total. The average Bonchev–Trinajstić information content (AvgIpc) is 2.74. The summed E-state index contributed by atoms with van der Waals surface area (Å²) < 4.78 is 0. The number of hydrogen-bond acceptors (Lipinski definition) is 2. The number of amides is 3. The molecule has 5 nitrogen and oxygen atoms in total. The molecule has 0 aliphatic carbocycles. The normalized spacial score (nSPS) is 14.4. The Morgan fingerprint density at radius 2 is 1.77 bits per heavy atom. The van der Waals surface area contributed by atoms with Crippen molar-refractivity contribution in [2.75, 3.05) is 31.5 Å². The van der Waals surface area contributed by atoms with Crippen molar-refractivity contribution in [1.29, 1.82) is 0 Å². The van der Waals surface area contributed by atoms with E-state index in [1.165, 1.54) is 5.56 Å². The molecule has 3 amide bonds. The zero-order valence-electron chi connectivity index (χ0n) is 18.1. The van der Waals surface area contributed by atoms with Crippen LogP contribution in [0, 0.1) is 12.8 Å². The number of nitrogens with zero attached hydrogens (tertiary/aromatic N) is 2.